The number of amides is 2. The van der Waals surface area contributed by atoms with E-state index < -0.39 is 18.0 Å². The van der Waals surface area contributed by atoms with Crippen LogP contribution in [0.4, 0.5) is 4.79 Å². The van der Waals surface area contributed by atoms with Gasteiger partial charge in [-0.05, 0) is 13.3 Å². The van der Waals surface area contributed by atoms with Gasteiger partial charge in [-0.25, -0.2) is 9.59 Å². The number of carbonyl (C=O) groups excluding carboxylic acids is 1. The summed E-state index contributed by atoms with van der Waals surface area (Å²) in [6.45, 7) is 4.53. The lowest BCUT2D eigenvalue weighted by molar-refractivity contribution is -0.139. The maximum Gasteiger partial charge on any atom is 0.326 e. The first kappa shape index (κ1) is 13.9. The van der Waals surface area contributed by atoms with E-state index in [0.29, 0.717) is 18.8 Å². The number of rotatable bonds is 6. The molecule has 0 aliphatic rings. The van der Waals surface area contributed by atoms with E-state index in [4.69, 9.17) is 5.11 Å². The lowest BCUT2D eigenvalue weighted by Gasteiger charge is -2.13. The number of hydrogen-bond donors (Lipinski definition) is 3. The molecular formula is C10H17N5O3. The summed E-state index contributed by atoms with van der Waals surface area (Å²) >= 11 is 0. The molecule has 0 saturated carbocycles. The number of carbonyl (C=O) groups is 2. The summed E-state index contributed by atoms with van der Waals surface area (Å²) < 4.78 is 1.79. The van der Waals surface area contributed by atoms with Gasteiger partial charge in [0.15, 0.2) is 5.82 Å². The van der Waals surface area contributed by atoms with Gasteiger partial charge in [0.05, 0.1) is 6.54 Å². The van der Waals surface area contributed by atoms with Crippen molar-refractivity contribution in [3.05, 3.63) is 12.2 Å². The molecule has 1 heterocycles. The van der Waals surface area contributed by atoms with Crippen LogP contribution in [0.15, 0.2) is 6.33 Å². The zero-order valence-corrected chi connectivity index (χ0v) is 10.4. The molecule has 100 valence electrons. The molecule has 0 aromatic carbocycles. The molecule has 0 aliphatic heterocycles. The van der Waals surface area contributed by atoms with Crippen LogP contribution in [-0.2, 0) is 17.9 Å². The molecule has 0 spiro atoms. The zero-order chi connectivity index (χ0) is 13.5. The number of nitrogens with zero attached hydrogens (tertiary/aromatic N) is 3. The highest BCUT2D eigenvalue weighted by atomic mass is 16.4. The average molecular weight is 255 g/mol. The molecule has 0 radical (unpaired) electrons. The van der Waals surface area contributed by atoms with E-state index >= 15 is 0 Å². The number of urea groups is 1. The topological polar surface area (TPSA) is 109 Å². The Bertz CT molecular complexity index is 417. The minimum absolute atomic E-state index is 0.204. The molecule has 1 unspecified atom stereocenters. The number of carboxylic acid groups (broad SMARTS) is 1. The Morgan fingerprint density at radius 2 is 2.22 bits per heavy atom. The normalized spacial score (nSPS) is 11.9. The number of aromatic nitrogens is 3. The number of hydrogen-bond acceptors (Lipinski definition) is 4. The second-order valence-electron chi connectivity index (χ2n) is 3.66. The van der Waals surface area contributed by atoms with Crippen LogP contribution in [0.5, 0.6) is 0 Å². The lowest BCUT2D eigenvalue weighted by atomic mass is 10.2. The molecule has 1 atom stereocenters. The van der Waals surface area contributed by atoms with Crippen LogP contribution in [0.1, 0.15) is 26.1 Å². The van der Waals surface area contributed by atoms with Gasteiger partial charge in [-0.3, -0.25) is 0 Å². The van der Waals surface area contributed by atoms with E-state index in [1.807, 2.05) is 6.92 Å². The van der Waals surface area contributed by atoms with Crippen LogP contribution >= 0.6 is 0 Å². The Morgan fingerprint density at radius 1 is 1.50 bits per heavy atom. The van der Waals surface area contributed by atoms with Crippen LogP contribution in [0.25, 0.3) is 0 Å². The highest BCUT2D eigenvalue weighted by Gasteiger charge is 2.17. The van der Waals surface area contributed by atoms with Crippen molar-refractivity contribution in [3.63, 3.8) is 0 Å². The minimum Gasteiger partial charge on any atom is -0.480 e. The average Bonchev–Trinajstić information content (AvgIpc) is 2.80. The van der Waals surface area contributed by atoms with E-state index in [2.05, 4.69) is 20.8 Å². The van der Waals surface area contributed by atoms with Crippen LogP contribution in [0.3, 0.4) is 0 Å². The van der Waals surface area contributed by atoms with E-state index in [9.17, 15) is 9.59 Å². The van der Waals surface area contributed by atoms with Gasteiger partial charge < -0.3 is 20.3 Å². The summed E-state index contributed by atoms with van der Waals surface area (Å²) in [5.74, 6) is -0.430. The fourth-order valence-corrected chi connectivity index (χ4v) is 1.39. The molecule has 0 aliphatic carbocycles. The van der Waals surface area contributed by atoms with Gasteiger partial charge in [0.1, 0.15) is 12.4 Å². The first-order chi connectivity index (χ1) is 8.58. The Morgan fingerprint density at radius 3 is 2.78 bits per heavy atom. The number of aliphatic carboxylic acids is 1. The highest BCUT2D eigenvalue weighted by Crippen LogP contribution is 1.95. The fourth-order valence-electron chi connectivity index (χ4n) is 1.39. The number of nitrogens with one attached hydrogen (secondary N) is 2. The summed E-state index contributed by atoms with van der Waals surface area (Å²) in [6, 6.07) is -1.41. The van der Waals surface area contributed by atoms with Crippen molar-refractivity contribution in [2.45, 2.75) is 39.4 Å². The predicted octanol–water partition coefficient (Wildman–Crippen LogP) is -0.0396. The molecular weight excluding hydrogens is 238 g/mol. The molecule has 1 aromatic rings. The van der Waals surface area contributed by atoms with Gasteiger partial charge in [0.25, 0.3) is 0 Å². The molecule has 0 saturated heterocycles. The van der Waals surface area contributed by atoms with E-state index in [1.165, 1.54) is 0 Å². The largest absolute Gasteiger partial charge is 0.480 e. The van der Waals surface area contributed by atoms with E-state index in [-0.39, 0.29) is 6.54 Å². The van der Waals surface area contributed by atoms with Gasteiger partial charge in [0.2, 0.25) is 0 Å². The third kappa shape index (κ3) is 3.72. The van der Waals surface area contributed by atoms with Crippen LogP contribution < -0.4 is 10.6 Å². The van der Waals surface area contributed by atoms with Gasteiger partial charge >= 0.3 is 12.0 Å². The summed E-state index contributed by atoms with van der Waals surface area (Å²) in [5, 5.41) is 21.3. The monoisotopic (exact) mass is 255 g/mol. The minimum atomic E-state index is -1.05. The third-order valence-electron chi connectivity index (χ3n) is 2.46. The Kier molecular flexibility index (Phi) is 5.09. The van der Waals surface area contributed by atoms with Crippen molar-refractivity contribution in [2.75, 3.05) is 0 Å². The van der Waals surface area contributed by atoms with Crippen LogP contribution in [0.2, 0.25) is 0 Å². The van der Waals surface area contributed by atoms with Gasteiger partial charge in [-0.2, -0.15) is 0 Å². The Balaban J connectivity index is 2.44. The third-order valence-corrected chi connectivity index (χ3v) is 2.46. The van der Waals surface area contributed by atoms with Crippen molar-refractivity contribution < 1.29 is 14.7 Å². The first-order valence-corrected chi connectivity index (χ1v) is 5.72. The maximum atomic E-state index is 11.5. The quantitative estimate of drug-likeness (QED) is 0.660. The van der Waals surface area contributed by atoms with Crippen molar-refractivity contribution in [1.29, 1.82) is 0 Å². The Labute approximate surface area is 104 Å². The summed E-state index contributed by atoms with van der Waals surface area (Å²) in [5.41, 5.74) is 0. The van der Waals surface area contributed by atoms with Gasteiger partial charge in [0, 0.05) is 6.54 Å². The molecule has 1 aromatic heterocycles. The summed E-state index contributed by atoms with van der Waals surface area (Å²) in [7, 11) is 0. The molecule has 18 heavy (non-hydrogen) atoms. The zero-order valence-electron chi connectivity index (χ0n) is 10.4. The summed E-state index contributed by atoms with van der Waals surface area (Å²) in [4.78, 5) is 22.2. The van der Waals surface area contributed by atoms with Gasteiger partial charge in [-0.15, -0.1) is 10.2 Å². The smallest absolute Gasteiger partial charge is 0.326 e. The maximum absolute atomic E-state index is 11.5. The second kappa shape index (κ2) is 6.58. The highest BCUT2D eigenvalue weighted by molar-refractivity contribution is 5.82. The molecule has 2 amide bonds. The molecule has 0 fully saturated rings. The van der Waals surface area contributed by atoms with Crippen molar-refractivity contribution in [2.24, 2.45) is 0 Å². The predicted molar refractivity (Wildman–Crippen MR) is 62.8 cm³/mol. The van der Waals surface area contributed by atoms with Crippen molar-refractivity contribution >= 4 is 12.0 Å². The second-order valence-corrected chi connectivity index (χ2v) is 3.66. The fraction of sp³-hybridized carbons (Fsp3) is 0.600. The molecule has 8 nitrogen and oxygen atoms in total. The van der Waals surface area contributed by atoms with Crippen molar-refractivity contribution in [1.82, 2.24) is 25.4 Å². The summed E-state index contributed by atoms with van der Waals surface area (Å²) in [6.07, 6.45) is 1.90. The number of carboxylic acids is 1. The number of aryl methyl sites for hydroxylation is 1. The lowest BCUT2D eigenvalue weighted by Crippen LogP contribution is -2.45. The molecule has 8 heteroatoms. The van der Waals surface area contributed by atoms with Crippen molar-refractivity contribution in [3.8, 4) is 0 Å². The van der Waals surface area contributed by atoms with E-state index in [0.717, 1.165) is 0 Å². The molecule has 0 bridgehead atoms. The van der Waals surface area contributed by atoms with E-state index in [1.54, 1.807) is 17.8 Å². The Hall–Kier alpha value is -2.12. The standard InChI is InChI=1S/C10H17N5O3/c1-3-7(9(16)17)13-10(18)11-5-8-14-12-6-15(8)4-2/h6-7H,3-5H2,1-2H3,(H,16,17)(H2,11,13,18). The van der Waals surface area contributed by atoms with Gasteiger partial charge in [-0.1, -0.05) is 6.92 Å². The SMILES string of the molecule is CCC(NC(=O)NCc1nncn1CC)C(=O)O. The van der Waals surface area contributed by atoms with Crippen LogP contribution in [-0.4, -0.2) is 37.9 Å². The molecule has 3 N–H and O–H groups in total. The molecule has 1 rings (SSSR count). The van der Waals surface area contributed by atoms with Crippen LogP contribution in [0, 0.1) is 0 Å². The first-order valence-electron chi connectivity index (χ1n) is 5.72.